The lowest BCUT2D eigenvalue weighted by Gasteiger charge is -2.40. The first-order valence-electron chi connectivity index (χ1n) is 10.4. The van der Waals surface area contributed by atoms with Gasteiger partial charge in [-0.25, -0.2) is 10.2 Å². The Kier molecular flexibility index (Phi) is 6.37. The summed E-state index contributed by atoms with van der Waals surface area (Å²) in [5.74, 6) is -0.786. The zero-order valence-corrected chi connectivity index (χ0v) is 17.9. The van der Waals surface area contributed by atoms with Gasteiger partial charge in [-0.3, -0.25) is 15.1 Å². The molecule has 3 aromatic rings. The molecule has 0 unspecified atom stereocenters. The normalized spacial score (nSPS) is 18.2. The zero-order chi connectivity index (χ0) is 23.4. The topological polar surface area (TPSA) is 105 Å². The molecule has 1 aliphatic rings. The van der Waals surface area contributed by atoms with Crippen LogP contribution in [-0.4, -0.2) is 22.0 Å². The van der Waals surface area contributed by atoms with Crippen LogP contribution in [0.2, 0.25) is 0 Å². The minimum atomic E-state index is -0.773. The first-order valence-corrected chi connectivity index (χ1v) is 10.4. The molecule has 0 spiro atoms. The maximum atomic E-state index is 13.1. The van der Waals surface area contributed by atoms with Crippen LogP contribution in [0.15, 0.2) is 96.3 Å². The number of non-ortho nitro benzene ring substituents is 1. The Bertz CT molecular complexity index is 1160. The van der Waals surface area contributed by atoms with Gasteiger partial charge in [0.05, 0.1) is 22.2 Å². The highest BCUT2D eigenvalue weighted by Crippen LogP contribution is 2.35. The first-order chi connectivity index (χ1) is 16.0. The molecule has 3 aromatic carbocycles. The van der Waals surface area contributed by atoms with E-state index in [1.54, 1.807) is 24.1 Å². The molecule has 0 amide bonds. The van der Waals surface area contributed by atoms with E-state index in [-0.39, 0.29) is 23.6 Å². The highest BCUT2D eigenvalue weighted by atomic mass is 16.6. The molecule has 0 bridgehead atoms. The van der Waals surface area contributed by atoms with Crippen LogP contribution < -0.4 is 10.4 Å². The molecular formula is C25H23N3O5. The summed E-state index contributed by atoms with van der Waals surface area (Å²) in [6, 6.07) is 23.2. The molecule has 168 valence electrons. The van der Waals surface area contributed by atoms with Crippen molar-refractivity contribution in [1.82, 2.24) is 5.43 Å². The number of nitrogens with one attached hydrogen (secondary N) is 1. The van der Waals surface area contributed by atoms with Gasteiger partial charge >= 0.3 is 5.97 Å². The SMILES string of the molecule is C[C@@H]1C(O)=C(C(=O)OCc2ccccc2)[C@H](c2ccc([N+](=O)[O-])cc2)NN1c1ccccc1. The fourth-order valence-corrected chi connectivity index (χ4v) is 3.75. The molecule has 0 saturated carbocycles. The maximum Gasteiger partial charge on any atom is 0.339 e. The molecule has 2 atom stereocenters. The van der Waals surface area contributed by atoms with Gasteiger partial charge in [-0.05, 0) is 30.2 Å². The van der Waals surface area contributed by atoms with Crippen molar-refractivity contribution in [3.63, 3.8) is 0 Å². The van der Waals surface area contributed by atoms with Crippen LogP contribution in [0.5, 0.6) is 0 Å². The number of carbonyl (C=O) groups excluding carboxylic acids is 1. The molecule has 0 fully saturated rings. The van der Waals surface area contributed by atoms with E-state index in [0.29, 0.717) is 5.56 Å². The van der Waals surface area contributed by atoms with Gasteiger partial charge in [-0.1, -0.05) is 60.7 Å². The van der Waals surface area contributed by atoms with Crippen LogP contribution in [-0.2, 0) is 16.1 Å². The quantitative estimate of drug-likeness (QED) is 0.324. The number of ether oxygens (including phenoxy) is 1. The number of para-hydroxylation sites is 1. The fourth-order valence-electron chi connectivity index (χ4n) is 3.75. The van der Waals surface area contributed by atoms with Gasteiger partial charge in [-0.2, -0.15) is 0 Å². The fraction of sp³-hybridized carbons (Fsp3) is 0.160. The number of nitro groups is 1. The van der Waals surface area contributed by atoms with Crippen LogP contribution >= 0.6 is 0 Å². The molecular weight excluding hydrogens is 422 g/mol. The van der Waals surface area contributed by atoms with E-state index in [9.17, 15) is 20.0 Å². The Morgan fingerprint density at radius 3 is 2.24 bits per heavy atom. The summed E-state index contributed by atoms with van der Waals surface area (Å²) >= 11 is 0. The number of hydrogen-bond acceptors (Lipinski definition) is 7. The standard InChI is InChI=1S/C25H23N3O5/c1-17-24(29)22(25(30)33-16-18-8-4-2-5-9-18)23(19-12-14-21(15-13-19)28(31)32)26-27(17)20-10-6-3-7-11-20/h2-15,17,23,26,29H,16H2,1H3/t17-,23+/m1/s1. The third kappa shape index (κ3) is 4.70. The second-order valence-corrected chi connectivity index (χ2v) is 7.65. The number of anilines is 1. The number of aliphatic hydroxyl groups excluding tert-OH is 1. The van der Waals surface area contributed by atoms with Crippen LogP contribution in [0, 0.1) is 10.1 Å². The predicted molar refractivity (Wildman–Crippen MR) is 123 cm³/mol. The summed E-state index contributed by atoms with van der Waals surface area (Å²) in [4.78, 5) is 23.7. The summed E-state index contributed by atoms with van der Waals surface area (Å²) in [5, 5.41) is 23.9. The van der Waals surface area contributed by atoms with Crippen LogP contribution in [0.4, 0.5) is 11.4 Å². The Morgan fingerprint density at radius 1 is 1.03 bits per heavy atom. The number of nitro benzene ring substituents is 1. The number of rotatable bonds is 6. The number of aliphatic hydroxyl groups is 1. The highest BCUT2D eigenvalue weighted by molar-refractivity contribution is 5.91. The van der Waals surface area contributed by atoms with Gasteiger partial charge < -0.3 is 9.84 Å². The summed E-state index contributed by atoms with van der Waals surface area (Å²) in [5.41, 5.74) is 5.48. The van der Waals surface area contributed by atoms with E-state index >= 15 is 0 Å². The van der Waals surface area contributed by atoms with Crippen molar-refractivity contribution in [2.24, 2.45) is 0 Å². The molecule has 0 radical (unpaired) electrons. The van der Waals surface area contributed by atoms with Gasteiger partial charge in [0, 0.05) is 12.1 Å². The number of carbonyl (C=O) groups is 1. The third-order valence-electron chi connectivity index (χ3n) is 5.52. The van der Waals surface area contributed by atoms with Crippen molar-refractivity contribution >= 4 is 17.3 Å². The largest absolute Gasteiger partial charge is 0.509 e. The minimum Gasteiger partial charge on any atom is -0.509 e. The van der Waals surface area contributed by atoms with Gasteiger partial charge in [-0.15, -0.1) is 0 Å². The average Bonchev–Trinajstić information content (AvgIpc) is 2.85. The molecule has 1 aliphatic heterocycles. The molecule has 4 rings (SSSR count). The van der Waals surface area contributed by atoms with Crippen molar-refractivity contribution in [2.45, 2.75) is 25.6 Å². The number of esters is 1. The van der Waals surface area contributed by atoms with Crippen LogP contribution in [0.25, 0.3) is 0 Å². The molecule has 33 heavy (non-hydrogen) atoms. The van der Waals surface area contributed by atoms with Crippen LogP contribution in [0.1, 0.15) is 24.1 Å². The third-order valence-corrected chi connectivity index (χ3v) is 5.52. The van der Waals surface area contributed by atoms with Crippen molar-refractivity contribution in [3.05, 3.63) is 118 Å². The Labute approximate surface area is 190 Å². The van der Waals surface area contributed by atoms with Crippen LogP contribution in [0.3, 0.4) is 0 Å². The van der Waals surface area contributed by atoms with Gasteiger partial charge in [0.15, 0.2) is 0 Å². The number of hydrazine groups is 1. The second kappa shape index (κ2) is 9.54. The summed E-state index contributed by atoms with van der Waals surface area (Å²) in [6.45, 7) is 1.83. The van der Waals surface area contributed by atoms with Gasteiger partial charge in [0.1, 0.15) is 18.4 Å². The van der Waals surface area contributed by atoms with E-state index in [4.69, 9.17) is 4.74 Å². The van der Waals surface area contributed by atoms with Gasteiger partial charge in [0.25, 0.3) is 5.69 Å². The number of nitrogens with zero attached hydrogens (tertiary/aromatic N) is 2. The van der Waals surface area contributed by atoms with Crippen molar-refractivity contribution in [1.29, 1.82) is 0 Å². The summed E-state index contributed by atoms with van der Waals surface area (Å²) < 4.78 is 5.52. The zero-order valence-electron chi connectivity index (χ0n) is 17.9. The molecule has 1 heterocycles. The molecule has 8 nitrogen and oxygen atoms in total. The smallest absolute Gasteiger partial charge is 0.339 e. The lowest BCUT2D eigenvalue weighted by molar-refractivity contribution is -0.384. The molecule has 8 heteroatoms. The molecule has 2 N–H and O–H groups in total. The van der Waals surface area contributed by atoms with Crippen molar-refractivity contribution in [3.8, 4) is 0 Å². The van der Waals surface area contributed by atoms with Crippen molar-refractivity contribution < 1.29 is 19.6 Å². The minimum absolute atomic E-state index is 0.0558. The van der Waals surface area contributed by atoms with E-state index < -0.39 is 23.0 Å². The number of benzene rings is 3. The van der Waals surface area contributed by atoms with E-state index in [2.05, 4.69) is 5.43 Å². The Balaban J connectivity index is 1.70. The lowest BCUT2D eigenvalue weighted by Crippen LogP contribution is -2.53. The predicted octanol–water partition coefficient (Wildman–Crippen LogP) is 4.60. The molecule has 0 aliphatic carbocycles. The summed E-state index contributed by atoms with van der Waals surface area (Å²) in [6.07, 6.45) is 0. The number of hydrogen-bond donors (Lipinski definition) is 2. The Morgan fingerprint density at radius 2 is 1.64 bits per heavy atom. The summed E-state index contributed by atoms with van der Waals surface area (Å²) in [7, 11) is 0. The van der Waals surface area contributed by atoms with Crippen molar-refractivity contribution in [2.75, 3.05) is 5.01 Å². The van der Waals surface area contributed by atoms with E-state index in [1.165, 1.54) is 12.1 Å². The first kappa shape index (κ1) is 22.0. The van der Waals surface area contributed by atoms with Gasteiger partial charge in [0.2, 0.25) is 0 Å². The molecule has 0 saturated heterocycles. The van der Waals surface area contributed by atoms with E-state index in [1.807, 2.05) is 60.7 Å². The average molecular weight is 445 g/mol. The lowest BCUT2D eigenvalue weighted by atomic mass is 9.93. The monoisotopic (exact) mass is 445 g/mol. The maximum absolute atomic E-state index is 13.1. The highest BCUT2D eigenvalue weighted by Gasteiger charge is 2.38. The molecule has 0 aromatic heterocycles. The second-order valence-electron chi connectivity index (χ2n) is 7.65. The van der Waals surface area contributed by atoms with E-state index in [0.717, 1.165) is 11.3 Å². The Hall–Kier alpha value is -4.17.